The van der Waals surface area contributed by atoms with Crippen LogP contribution < -0.4 is 0 Å². The summed E-state index contributed by atoms with van der Waals surface area (Å²) in [6.07, 6.45) is 0. The maximum absolute atomic E-state index is 8.63. The molecule has 0 atom stereocenters. The molecule has 1 N–H and O–H groups in total. The molecule has 0 aromatic heterocycles. The van der Waals surface area contributed by atoms with Crippen LogP contribution in [0.5, 0.6) is 0 Å². The third kappa shape index (κ3) is 4.09. The maximum Gasteiger partial charge on any atom is 0.0558 e. The van der Waals surface area contributed by atoms with Crippen LogP contribution >= 0.6 is 11.6 Å². The summed E-state index contributed by atoms with van der Waals surface area (Å²) in [5.41, 5.74) is 0. The summed E-state index contributed by atoms with van der Waals surface area (Å²) in [6.45, 7) is 6.00. The van der Waals surface area contributed by atoms with Gasteiger partial charge in [0.05, 0.1) is 6.61 Å². The van der Waals surface area contributed by atoms with Gasteiger partial charge in [-0.25, -0.2) is 0 Å². The van der Waals surface area contributed by atoms with E-state index in [1.165, 1.54) is 0 Å². The molecule has 3 heteroatoms. The zero-order valence-corrected chi connectivity index (χ0v) is 7.43. The molecule has 0 radical (unpaired) electrons. The first kappa shape index (κ1) is 10.2. The van der Waals surface area contributed by atoms with E-state index in [2.05, 4.69) is 18.7 Å². The fourth-order valence-electron chi connectivity index (χ4n) is 0.865. The van der Waals surface area contributed by atoms with Gasteiger partial charge in [-0.05, 0) is 13.8 Å². The molecule has 0 aromatic carbocycles. The predicted octanol–water partition coefficient (Wildman–Crippen LogP) is 0.928. The van der Waals surface area contributed by atoms with Crippen molar-refractivity contribution in [3.05, 3.63) is 0 Å². The molecular weight excluding hydrogens is 150 g/mol. The zero-order valence-electron chi connectivity index (χ0n) is 6.68. The van der Waals surface area contributed by atoms with Crippen molar-refractivity contribution in [3.8, 4) is 0 Å². The second-order valence-electron chi connectivity index (χ2n) is 2.54. The Labute approximate surface area is 67.8 Å². The summed E-state index contributed by atoms with van der Waals surface area (Å²) >= 11 is 5.55. The summed E-state index contributed by atoms with van der Waals surface area (Å²) in [4.78, 5) is 2.15. The van der Waals surface area contributed by atoms with Crippen molar-refractivity contribution in [2.45, 2.75) is 19.9 Å². The molecule has 0 saturated carbocycles. The molecule has 2 nitrogen and oxygen atoms in total. The van der Waals surface area contributed by atoms with Gasteiger partial charge >= 0.3 is 0 Å². The Balaban J connectivity index is 3.50. The standard InChI is InChI=1S/C7H16ClNO/c1-7(2)9(4-3-8)5-6-10/h7,10H,3-6H2,1-2H3. The average molecular weight is 166 g/mol. The van der Waals surface area contributed by atoms with Gasteiger partial charge < -0.3 is 5.11 Å². The molecule has 0 rings (SSSR count). The molecule has 0 aromatic rings. The van der Waals surface area contributed by atoms with Gasteiger partial charge in [0, 0.05) is 25.0 Å². The number of hydrogen-bond acceptors (Lipinski definition) is 2. The third-order valence-corrected chi connectivity index (χ3v) is 1.66. The maximum atomic E-state index is 8.63. The van der Waals surface area contributed by atoms with Crippen molar-refractivity contribution < 1.29 is 5.11 Å². The first-order valence-electron chi connectivity index (χ1n) is 3.63. The fourth-order valence-corrected chi connectivity index (χ4v) is 1.08. The van der Waals surface area contributed by atoms with Gasteiger partial charge in [0.25, 0.3) is 0 Å². The van der Waals surface area contributed by atoms with E-state index in [9.17, 15) is 0 Å². The fraction of sp³-hybridized carbons (Fsp3) is 1.00. The van der Waals surface area contributed by atoms with Crippen LogP contribution in [0.1, 0.15) is 13.8 Å². The van der Waals surface area contributed by atoms with Gasteiger partial charge in [-0.1, -0.05) is 0 Å². The quantitative estimate of drug-likeness (QED) is 0.613. The van der Waals surface area contributed by atoms with Crippen LogP contribution in [0.15, 0.2) is 0 Å². The minimum atomic E-state index is 0.217. The molecule has 0 aliphatic carbocycles. The van der Waals surface area contributed by atoms with Crippen LogP contribution in [0.25, 0.3) is 0 Å². The van der Waals surface area contributed by atoms with Gasteiger partial charge in [-0.2, -0.15) is 0 Å². The molecule has 0 heterocycles. The number of halogens is 1. The van der Waals surface area contributed by atoms with E-state index in [0.29, 0.717) is 11.9 Å². The average Bonchev–Trinajstić information content (AvgIpc) is 1.87. The molecule has 10 heavy (non-hydrogen) atoms. The van der Waals surface area contributed by atoms with Gasteiger partial charge in [-0.15, -0.1) is 11.6 Å². The Morgan fingerprint density at radius 2 is 2.00 bits per heavy atom. The number of alkyl halides is 1. The van der Waals surface area contributed by atoms with Crippen molar-refractivity contribution in [1.82, 2.24) is 4.90 Å². The third-order valence-electron chi connectivity index (χ3n) is 1.49. The molecule has 0 fully saturated rings. The van der Waals surface area contributed by atoms with E-state index in [1.54, 1.807) is 0 Å². The molecule has 0 aliphatic heterocycles. The number of nitrogens with zero attached hydrogens (tertiary/aromatic N) is 1. The summed E-state index contributed by atoms with van der Waals surface area (Å²) in [6, 6.07) is 0.478. The minimum Gasteiger partial charge on any atom is -0.395 e. The number of hydrogen-bond donors (Lipinski definition) is 1. The SMILES string of the molecule is CC(C)N(CCO)CCCl. The van der Waals surface area contributed by atoms with Gasteiger partial charge in [0.15, 0.2) is 0 Å². The normalized spacial score (nSPS) is 11.4. The van der Waals surface area contributed by atoms with Crippen LogP contribution in [-0.4, -0.2) is 41.6 Å². The molecule has 0 saturated heterocycles. The van der Waals surface area contributed by atoms with Crippen molar-refractivity contribution in [3.63, 3.8) is 0 Å². The highest BCUT2D eigenvalue weighted by molar-refractivity contribution is 6.18. The van der Waals surface area contributed by atoms with Crippen LogP contribution in [0, 0.1) is 0 Å². The summed E-state index contributed by atoms with van der Waals surface area (Å²) in [5, 5.41) is 8.63. The lowest BCUT2D eigenvalue weighted by molar-refractivity contribution is 0.173. The van der Waals surface area contributed by atoms with Gasteiger partial charge in [0.1, 0.15) is 0 Å². The van der Waals surface area contributed by atoms with Crippen LogP contribution in [-0.2, 0) is 0 Å². The first-order valence-corrected chi connectivity index (χ1v) is 4.16. The summed E-state index contributed by atoms with van der Waals surface area (Å²) in [7, 11) is 0. The molecule has 0 spiro atoms. The zero-order chi connectivity index (χ0) is 7.98. The predicted molar refractivity (Wildman–Crippen MR) is 44.5 cm³/mol. The van der Waals surface area contributed by atoms with E-state index >= 15 is 0 Å². The van der Waals surface area contributed by atoms with Gasteiger partial charge in [-0.3, -0.25) is 4.90 Å². The van der Waals surface area contributed by atoms with E-state index < -0.39 is 0 Å². The lowest BCUT2D eigenvalue weighted by Crippen LogP contribution is -2.34. The van der Waals surface area contributed by atoms with Crippen LogP contribution in [0.4, 0.5) is 0 Å². The Morgan fingerprint density at radius 1 is 1.40 bits per heavy atom. The Morgan fingerprint density at radius 3 is 2.30 bits per heavy atom. The minimum absolute atomic E-state index is 0.217. The smallest absolute Gasteiger partial charge is 0.0558 e. The highest BCUT2D eigenvalue weighted by atomic mass is 35.5. The highest BCUT2D eigenvalue weighted by Gasteiger charge is 2.05. The molecule has 62 valence electrons. The first-order chi connectivity index (χ1) is 4.72. The second kappa shape index (κ2) is 5.96. The summed E-state index contributed by atoms with van der Waals surface area (Å²) in [5.74, 6) is 0.637. The highest BCUT2D eigenvalue weighted by Crippen LogP contribution is 1.96. The van der Waals surface area contributed by atoms with Crippen LogP contribution in [0.3, 0.4) is 0 Å². The van der Waals surface area contributed by atoms with E-state index in [-0.39, 0.29) is 6.61 Å². The van der Waals surface area contributed by atoms with Crippen molar-refractivity contribution in [1.29, 1.82) is 0 Å². The Hall–Kier alpha value is 0.210. The Kier molecular flexibility index (Phi) is 6.08. The molecule has 0 amide bonds. The Bertz CT molecular complexity index is 72.0. The van der Waals surface area contributed by atoms with E-state index in [0.717, 1.165) is 13.1 Å². The van der Waals surface area contributed by atoms with Crippen molar-refractivity contribution in [2.75, 3.05) is 25.6 Å². The number of aliphatic hydroxyl groups excluding tert-OH is 1. The van der Waals surface area contributed by atoms with E-state index in [4.69, 9.17) is 16.7 Å². The molecule has 0 bridgehead atoms. The monoisotopic (exact) mass is 165 g/mol. The molecule has 0 aliphatic rings. The number of aliphatic hydroxyl groups is 1. The van der Waals surface area contributed by atoms with Gasteiger partial charge in [0.2, 0.25) is 0 Å². The van der Waals surface area contributed by atoms with Crippen molar-refractivity contribution >= 4 is 11.6 Å². The molecule has 0 unspecified atom stereocenters. The topological polar surface area (TPSA) is 23.5 Å². The van der Waals surface area contributed by atoms with Crippen molar-refractivity contribution in [2.24, 2.45) is 0 Å². The molecular formula is C7H16ClNO. The lowest BCUT2D eigenvalue weighted by atomic mass is 10.3. The summed E-state index contributed by atoms with van der Waals surface area (Å²) < 4.78 is 0. The largest absolute Gasteiger partial charge is 0.395 e. The second-order valence-corrected chi connectivity index (χ2v) is 2.92. The van der Waals surface area contributed by atoms with Crippen LogP contribution in [0.2, 0.25) is 0 Å². The number of rotatable bonds is 5. The lowest BCUT2D eigenvalue weighted by Gasteiger charge is -2.24. The van der Waals surface area contributed by atoms with E-state index in [1.807, 2.05) is 0 Å².